The third-order valence-electron chi connectivity index (χ3n) is 2.97. The Bertz CT molecular complexity index is 533. The lowest BCUT2D eigenvalue weighted by atomic mass is 9.92. The highest BCUT2D eigenvalue weighted by molar-refractivity contribution is 5.52. The minimum Gasteiger partial charge on any atom is -0.262 e. The highest BCUT2D eigenvalue weighted by Gasteiger charge is 2.22. The number of hydrogen-bond donors (Lipinski definition) is 0. The fourth-order valence-corrected chi connectivity index (χ4v) is 1.86. The quantitative estimate of drug-likeness (QED) is 0.688. The molecule has 0 fully saturated rings. The fraction of sp³-hybridized carbons (Fsp3) is 0.429. The first-order chi connectivity index (χ1) is 7.89. The van der Waals surface area contributed by atoms with E-state index in [1.807, 2.05) is 17.8 Å². The van der Waals surface area contributed by atoms with Crippen LogP contribution in [0.25, 0.3) is 11.4 Å². The second-order valence-corrected chi connectivity index (χ2v) is 5.49. The average Bonchev–Trinajstić information content (AvgIpc) is 2.61. The second-order valence-electron chi connectivity index (χ2n) is 5.49. The number of pyridine rings is 1. The minimum absolute atomic E-state index is 0.0867. The van der Waals surface area contributed by atoms with E-state index in [0.717, 1.165) is 11.4 Å². The molecule has 90 valence electrons. The third kappa shape index (κ3) is 2.23. The molecule has 2 aromatic heterocycles. The van der Waals surface area contributed by atoms with Crippen LogP contribution in [0.5, 0.6) is 0 Å². The van der Waals surface area contributed by atoms with Gasteiger partial charge in [-0.15, -0.1) is 0 Å². The van der Waals surface area contributed by atoms with Gasteiger partial charge in [-0.2, -0.15) is 9.67 Å². The van der Waals surface area contributed by atoms with E-state index in [1.54, 1.807) is 0 Å². The fourth-order valence-electron chi connectivity index (χ4n) is 1.86. The van der Waals surface area contributed by atoms with Crippen LogP contribution in [0.1, 0.15) is 26.5 Å². The van der Waals surface area contributed by atoms with Gasteiger partial charge in [0.05, 0.1) is 5.69 Å². The predicted octanol–water partition coefficient (Wildman–Crippen LogP) is 2.21. The van der Waals surface area contributed by atoms with E-state index in [1.165, 1.54) is 5.69 Å². The van der Waals surface area contributed by atoms with Gasteiger partial charge < -0.3 is 0 Å². The molecule has 17 heavy (non-hydrogen) atoms. The molecule has 0 aliphatic carbocycles. The summed E-state index contributed by atoms with van der Waals surface area (Å²) in [4.78, 5) is 0. The van der Waals surface area contributed by atoms with Gasteiger partial charge in [0.15, 0.2) is 6.20 Å². The smallest absolute Gasteiger partial charge is 0.230 e. The number of rotatable bonds is 1. The number of aromatic nitrogens is 3. The van der Waals surface area contributed by atoms with Crippen molar-refractivity contribution in [1.82, 2.24) is 9.78 Å². The lowest BCUT2D eigenvalue weighted by Gasteiger charge is -2.13. The molecule has 0 aromatic carbocycles. The lowest BCUT2D eigenvalue weighted by molar-refractivity contribution is -0.660. The Kier molecular flexibility index (Phi) is 2.77. The van der Waals surface area contributed by atoms with Gasteiger partial charge in [-0.1, -0.05) is 20.8 Å². The van der Waals surface area contributed by atoms with Crippen molar-refractivity contribution in [1.29, 1.82) is 0 Å². The number of nitrogens with zero attached hydrogens (tertiary/aromatic N) is 3. The first kappa shape index (κ1) is 11.8. The van der Waals surface area contributed by atoms with Gasteiger partial charge in [0.2, 0.25) is 5.69 Å². The standard InChI is InChI=1S/C14H20N3/c1-14(2,3)13-10-12(17(5)15-13)11-8-6-7-9-16(11)4/h6-10H,1-5H3/q+1. The first-order valence-electron chi connectivity index (χ1n) is 5.89. The van der Waals surface area contributed by atoms with E-state index in [0.29, 0.717) is 0 Å². The summed E-state index contributed by atoms with van der Waals surface area (Å²) in [5.74, 6) is 0. The summed E-state index contributed by atoms with van der Waals surface area (Å²) in [6.45, 7) is 6.55. The molecular formula is C14H20N3+. The van der Waals surface area contributed by atoms with E-state index in [-0.39, 0.29) is 5.41 Å². The van der Waals surface area contributed by atoms with Crippen LogP contribution < -0.4 is 4.57 Å². The molecule has 0 unspecified atom stereocenters. The van der Waals surface area contributed by atoms with Crippen LogP contribution in [0.15, 0.2) is 30.5 Å². The maximum Gasteiger partial charge on any atom is 0.230 e. The molecule has 2 aromatic rings. The molecule has 0 aliphatic rings. The molecule has 0 N–H and O–H groups in total. The third-order valence-corrected chi connectivity index (χ3v) is 2.97. The number of aryl methyl sites for hydroxylation is 2. The summed E-state index contributed by atoms with van der Waals surface area (Å²) >= 11 is 0. The molecule has 3 nitrogen and oxygen atoms in total. The zero-order valence-electron chi connectivity index (χ0n) is 11.2. The Morgan fingerprint density at radius 1 is 1.24 bits per heavy atom. The highest BCUT2D eigenvalue weighted by Crippen LogP contribution is 2.24. The van der Waals surface area contributed by atoms with Crippen LogP contribution in [0.4, 0.5) is 0 Å². The van der Waals surface area contributed by atoms with Crippen molar-refractivity contribution in [3.05, 3.63) is 36.2 Å². The average molecular weight is 230 g/mol. The molecule has 0 amide bonds. The van der Waals surface area contributed by atoms with E-state index in [4.69, 9.17) is 0 Å². The molecule has 2 rings (SSSR count). The molecule has 0 saturated carbocycles. The van der Waals surface area contributed by atoms with Crippen molar-refractivity contribution < 1.29 is 4.57 Å². The first-order valence-corrected chi connectivity index (χ1v) is 5.89. The van der Waals surface area contributed by atoms with Crippen LogP contribution in [0.3, 0.4) is 0 Å². The van der Waals surface area contributed by atoms with Crippen molar-refractivity contribution in [3.63, 3.8) is 0 Å². The maximum atomic E-state index is 4.60. The van der Waals surface area contributed by atoms with Gasteiger partial charge in [-0.05, 0) is 12.1 Å². The van der Waals surface area contributed by atoms with E-state index in [2.05, 4.69) is 61.9 Å². The zero-order chi connectivity index (χ0) is 12.6. The Morgan fingerprint density at radius 2 is 1.94 bits per heavy atom. The van der Waals surface area contributed by atoms with Gasteiger partial charge in [-0.3, -0.25) is 4.68 Å². The van der Waals surface area contributed by atoms with Crippen LogP contribution in [0, 0.1) is 0 Å². The maximum absolute atomic E-state index is 4.60. The zero-order valence-corrected chi connectivity index (χ0v) is 11.2. The van der Waals surface area contributed by atoms with Gasteiger partial charge >= 0.3 is 0 Å². The van der Waals surface area contributed by atoms with Gasteiger partial charge in [-0.25, -0.2) is 0 Å². The molecule has 0 spiro atoms. The minimum atomic E-state index is 0.0867. The Balaban J connectivity index is 2.55. The summed E-state index contributed by atoms with van der Waals surface area (Å²) in [5, 5.41) is 4.60. The lowest BCUT2D eigenvalue weighted by Crippen LogP contribution is -2.30. The molecule has 0 saturated heterocycles. The highest BCUT2D eigenvalue weighted by atomic mass is 15.3. The van der Waals surface area contributed by atoms with Gasteiger partial charge in [0.1, 0.15) is 12.7 Å². The van der Waals surface area contributed by atoms with Crippen LogP contribution in [0.2, 0.25) is 0 Å². The molecule has 3 heteroatoms. The summed E-state index contributed by atoms with van der Waals surface area (Å²) in [6, 6.07) is 8.38. The van der Waals surface area contributed by atoms with Crippen molar-refractivity contribution >= 4 is 0 Å². The molecule has 0 atom stereocenters. The Labute approximate surface area is 103 Å². The van der Waals surface area contributed by atoms with E-state index >= 15 is 0 Å². The summed E-state index contributed by atoms with van der Waals surface area (Å²) in [7, 11) is 4.05. The van der Waals surface area contributed by atoms with Gasteiger partial charge in [0, 0.05) is 24.6 Å². The molecule has 0 bridgehead atoms. The van der Waals surface area contributed by atoms with Crippen molar-refractivity contribution in [3.8, 4) is 11.4 Å². The monoisotopic (exact) mass is 230 g/mol. The summed E-state index contributed by atoms with van der Waals surface area (Å²) in [6.07, 6.45) is 2.05. The Hall–Kier alpha value is -1.64. The topological polar surface area (TPSA) is 21.7 Å². The number of hydrogen-bond acceptors (Lipinski definition) is 1. The summed E-state index contributed by atoms with van der Waals surface area (Å²) in [5.41, 5.74) is 3.54. The SMILES string of the molecule is Cn1nc(C(C)(C)C)cc1-c1cccc[n+]1C. The normalized spacial score (nSPS) is 11.8. The van der Waals surface area contributed by atoms with Crippen molar-refractivity contribution in [2.24, 2.45) is 14.1 Å². The van der Waals surface area contributed by atoms with Gasteiger partial charge in [0.25, 0.3) is 0 Å². The van der Waals surface area contributed by atoms with Crippen molar-refractivity contribution in [2.75, 3.05) is 0 Å². The predicted molar refractivity (Wildman–Crippen MR) is 68.5 cm³/mol. The molecular weight excluding hydrogens is 210 g/mol. The van der Waals surface area contributed by atoms with Crippen LogP contribution in [-0.2, 0) is 19.5 Å². The van der Waals surface area contributed by atoms with E-state index in [9.17, 15) is 0 Å². The largest absolute Gasteiger partial charge is 0.262 e. The van der Waals surface area contributed by atoms with Crippen molar-refractivity contribution in [2.45, 2.75) is 26.2 Å². The second kappa shape index (κ2) is 3.99. The van der Waals surface area contributed by atoms with Crippen LogP contribution >= 0.6 is 0 Å². The van der Waals surface area contributed by atoms with E-state index < -0.39 is 0 Å². The summed E-state index contributed by atoms with van der Waals surface area (Å²) < 4.78 is 4.07. The Morgan fingerprint density at radius 3 is 2.47 bits per heavy atom. The molecule has 0 aliphatic heterocycles. The van der Waals surface area contributed by atoms with Crippen LogP contribution in [-0.4, -0.2) is 9.78 Å². The molecule has 0 radical (unpaired) electrons. The molecule has 2 heterocycles.